The Balaban J connectivity index is 1.25. The van der Waals surface area contributed by atoms with Crippen molar-refractivity contribution in [3.8, 4) is 11.4 Å². The summed E-state index contributed by atoms with van der Waals surface area (Å²) in [5.74, 6) is 1.99. The Labute approximate surface area is 246 Å². The molecule has 0 unspecified atom stereocenters. The van der Waals surface area contributed by atoms with Crippen molar-refractivity contribution in [1.29, 1.82) is 0 Å². The Kier molecular flexibility index (Phi) is 7.85. The van der Waals surface area contributed by atoms with E-state index in [0.717, 1.165) is 63.7 Å². The van der Waals surface area contributed by atoms with E-state index in [-0.39, 0.29) is 0 Å². The van der Waals surface area contributed by atoms with E-state index in [4.69, 9.17) is 30.6 Å². The normalized spacial score (nSPS) is 14.0. The maximum absolute atomic E-state index is 11.3. The molecule has 1 aliphatic heterocycles. The van der Waals surface area contributed by atoms with E-state index >= 15 is 0 Å². The number of nitrogen functional groups attached to an aromatic ring is 1. The highest BCUT2D eigenvalue weighted by Gasteiger charge is 2.21. The Morgan fingerprint density at radius 3 is 2.64 bits per heavy atom. The molecule has 1 saturated heterocycles. The molecule has 4 heterocycles. The predicted octanol–water partition coefficient (Wildman–Crippen LogP) is 3.81. The van der Waals surface area contributed by atoms with Crippen molar-refractivity contribution in [1.82, 2.24) is 29.9 Å². The molecule has 2 aromatic carbocycles. The maximum atomic E-state index is 11.3. The Morgan fingerprint density at radius 1 is 1.10 bits per heavy atom. The number of amides is 1. The molecule has 12 heteroatoms. The van der Waals surface area contributed by atoms with E-state index < -0.39 is 5.91 Å². The number of carbonyl (C=O) groups excluding carboxylic acids is 1. The van der Waals surface area contributed by atoms with Crippen LogP contribution < -0.4 is 16.1 Å². The molecule has 0 aliphatic carbocycles. The molecule has 0 radical (unpaired) electrons. The van der Waals surface area contributed by atoms with Crippen molar-refractivity contribution in [2.75, 3.05) is 44.0 Å². The lowest BCUT2D eigenvalue weighted by molar-refractivity contribution is -0.124. The summed E-state index contributed by atoms with van der Waals surface area (Å²) in [7, 11) is 4.09. The van der Waals surface area contributed by atoms with Crippen LogP contribution in [0.4, 0.5) is 11.5 Å². The van der Waals surface area contributed by atoms with Gasteiger partial charge in [0.25, 0.3) is 5.91 Å². The molecule has 3 aromatic heterocycles. The summed E-state index contributed by atoms with van der Waals surface area (Å²) in [5.41, 5.74) is 12.8. The number of nitrogens with two attached hydrogens (primary N) is 1. The van der Waals surface area contributed by atoms with E-state index in [0.29, 0.717) is 31.3 Å². The third-order valence-electron chi connectivity index (χ3n) is 7.26. The SMILES string of the molecule is CN(Cc1cc2nc(-c3ccc(N)cc3)nc(N3CCOCC3)c2s1)Cc1nc2cc(/C=C/C(=O)NO)ccc2n1C. The van der Waals surface area contributed by atoms with Crippen molar-refractivity contribution in [3.05, 3.63) is 70.9 Å². The molecule has 1 aliphatic rings. The minimum Gasteiger partial charge on any atom is -0.399 e. The smallest absolute Gasteiger partial charge is 0.267 e. The number of nitrogens with one attached hydrogen (secondary N) is 1. The number of fused-ring (bicyclic) bond motifs is 2. The number of aryl methyl sites for hydroxylation is 1. The zero-order valence-electron chi connectivity index (χ0n) is 23.4. The van der Waals surface area contributed by atoms with Crippen molar-refractivity contribution >= 4 is 56.1 Å². The fourth-order valence-electron chi connectivity index (χ4n) is 5.08. The summed E-state index contributed by atoms with van der Waals surface area (Å²) in [5, 5.41) is 8.71. The molecule has 42 heavy (non-hydrogen) atoms. The number of aromatic nitrogens is 4. The fourth-order valence-corrected chi connectivity index (χ4v) is 6.27. The third kappa shape index (κ3) is 5.83. The number of hydrogen-bond donors (Lipinski definition) is 3. The molecule has 6 rings (SSSR count). The molecule has 216 valence electrons. The summed E-state index contributed by atoms with van der Waals surface area (Å²) in [4.78, 5) is 31.9. The van der Waals surface area contributed by atoms with Gasteiger partial charge < -0.3 is 19.9 Å². The van der Waals surface area contributed by atoms with Crippen LogP contribution in [0.2, 0.25) is 0 Å². The molecule has 11 nitrogen and oxygen atoms in total. The van der Waals surface area contributed by atoms with Crippen LogP contribution in [-0.2, 0) is 29.7 Å². The monoisotopic (exact) mass is 584 g/mol. The summed E-state index contributed by atoms with van der Waals surface area (Å²) in [6, 6.07) is 15.7. The number of morpholine rings is 1. The number of carbonyl (C=O) groups is 1. The average Bonchev–Trinajstić information content (AvgIpc) is 3.55. The van der Waals surface area contributed by atoms with Gasteiger partial charge in [0, 0.05) is 48.9 Å². The third-order valence-corrected chi connectivity index (χ3v) is 8.36. The Morgan fingerprint density at radius 2 is 1.88 bits per heavy atom. The number of hydroxylamine groups is 1. The van der Waals surface area contributed by atoms with E-state index in [1.807, 2.05) is 49.5 Å². The van der Waals surface area contributed by atoms with Gasteiger partial charge in [0.1, 0.15) is 5.82 Å². The minimum absolute atomic E-state index is 0.579. The number of anilines is 2. The van der Waals surface area contributed by atoms with Gasteiger partial charge in [0.2, 0.25) is 0 Å². The average molecular weight is 585 g/mol. The first-order valence-electron chi connectivity index (χ1n) is 13.6. The Bertz CT molecular complexity index is 1770. The molecule has 0 atom stereocenters. The van der Waals surface area contributed by atoms with Gasteiger partial charge >= 0.3 is 0 Å². The van der Waals surface area contributed by atoms with E-state index in [1.165, 1.54) is 11.0 Å². The second-order valence-corrected chi connectivity index (χ2v) is 11.5. The maximum Gasteiger partial charge on any atom is 0.267 e. The molecule has 4 N–H and O–H groups in total. The minimum atomic E-state index is -0.579. The van der Waals surface area contributed by atoms with Gasteiger partial charge in [0.05, 0.1) is 41.0 Å². The zero-order valence-corrected chi connectivity index (χ0v) is 24.3. The van der Waals surface area contributed by atoms with Crippen LogP contribution in [-0.4, -0.2) is 68.9 Å². The molecule has 1 fully saturated rings. The molecule has 0 saturated carbocycles. The first-order chi connectivity index (χ1) is 20.4. The standard InChI is InChI=1S/C30H32N8O3S/c1-36(18-26-32-23-15-19(4-10-27(39)35-40)3-9-25(23)37(26)2)17-22-16-24-28(42-22)30(38-11-13-41-14-12-38)34-29(33-24)20-5-7-21(31)8-6-20/h3-10,15-16,40H,11-14,17-18,31H2,1-2H3,(H,35,39)/b10-4+. The van der Waals surface area contributed by atoms with E-state index in [1.54, 1.807) is 22.9 Å². The largest absolute Gasteiger partial charge is 0.399 e. The van der Waals surface area contributed by atoms with E-state index in [2.05, 4.69) is 27.5 Å². The number of benzene rings is 2. The number of thiophene rings is 1. The van der Waals surface area contributed by atoms with Gasteiger partial charge in [-0.05, 0) is 61.2 Å². The molecule has 0 bridgehead atoms. The highest BCUT2D eigenvalue weighted by molar-refractivity contribution is 7.19. The number of rotatable bonds is 8. The van der Waals surface area contributed by atoms with E-state index in [9.17, 15) is 4.79 Å². The van der Waals surface area contributed by atoms with Gasteiger partial charge in [0.15, 0.2) is 11.6 Å². The van der Waals surface area contributed by atoms with Gasteiger partial charge in [-0.2, -0.15) is 0 Å². The van der Waals surface area contributed by atoms with Gasteiger partial charge in [-0.25, -0.2) is 20.4 Å². The van der Waals surface area contributed by atoms with Crippen LogP contribution in [0.3, 0.4) is 0 Å². The molecule has 5 aromatic rings. The fraction of sp³-hybridized carbons (Fsp3) is 0.267. The lowest BCUT2D eigenvalue weighted by Gasteiger charge is -2.28. The van der Waals surface area contributed by atoms with Crippen molar-refractivity contribution < 1.29 is 14.7 Å². The first-order valence-corrected chi connectivity index (χ1v) is 14.4. The molecule has 1 amide bonds. The lowest BCUT2D eigenvalue weighted by Crippen LogP contribution is -2.36. The predicted molar refractivity (Wildman–Crippen MR) is 165 cm³/mol. The van der Waals surface area contributed by atoms with Crippen LogP contribution in [0.1, 0.15) is 16.3 Å². The summed E-state index contributed by atoms with van der Waals surface area (Å²) in [6.07, 6.45) is 2.91. The number of hydrogen-bond acceptors (Lipinski definition) is 10. The number of ether oxygens (including phenoxy) is 1. The van der Waals surface area contributed by atoms with Crippen LogP contribution in [0, 0.1) is 0 Å². The first kappa shape index (κ1) is 27.8. The highest BCUT2D eigenvalue weighted by atomic mass is 32.1. The Hall–Kier alpha value is -4.36. The van der Waals surface area contributed by atoms with Gasteiger partial charge in [-0.3, -0.25) is 14.9 Å². The number of imidazole rings is 1. The summed E-state index contributed by atoms with van der Waals surface area (Å²) < 4.78 is 8.77. The zero-order chi connectivity index (χ0) is 29.2. The second kappa shape index (κ2) is 11.9. The summed E-state index contributed by atoms with van der Waals surface area (Å²) >= 11 is 1.73. The van der Waals surface area contributed by atoms with Crippen LogP contribution in [0.15, 0.2) is 54.6 Å². The van der Waals surface area contributed by atoms with Crippen molar-refractivity contribution in [2.45, 2.75) is 13.1 Å². The topological polar surface area (TPSA) is 135 Å². The number of nitrogens with zero attached hydrogens (tertiary/aromatic N) is 6. The molecular weight excluding hydrogens is 552 g/mol. The molecular formula is C30H32N8O3S. The van der Waals surface area contributed by atoms with Crippen LogP contribution in [0.5, 0.6) is 0 Å². The van der Waals surface area contributed by atoms with Crippen molar-refractivity contribution in [2.24, 2.45) is 7.05 Å². The van der Waals surface area contributed by atoms with Gasteiger partial charge in [-0.1, -0.05) is 6.07 Å². The van der Waals surface area contributed by atoms with Crippen LogP contribution in [0.25, 0.3) is 38.7 Å². The quantitative estimate of drug-likeness (QED) is 0.108. The lowest BCUT2D eigenvalue weighted by atomic mass is 10.2. The summed E-state index contributed by atoms with van der Waals surface area (Å²) in [6.45, 7) is 4.32. The molecule has 0 spiro atoms. The second-order valence-electron chi connectivity index (χ2n) is 10.3. The van der Waals surface area contributed by atoms with Crippen LogP contribution >= 0.6 is 11.3 Å². The van der Waals surface area contributed by atoms with Crippen molar-refractivity contribution in [3.63, 3.8) is 0 Å². The highest BCUT2D eigenvalue weighted by Crippen LogP contribution is 2.35. The van der Waals surface area contributed by atoms with Gasteiger partial charge in [-0.15, -0.1) is 11.3 Å².